The molecule has 0 bridgehead atoms. The number of carbonyl (C=O) groups is 2. The Labute approximate surface area is 347 Å². The Kier molecular flexibility index (Phi) is 45.0. The number of esters is 2. The Bertz CT molecular complexity index is 977. The Morgan fingerprint density at radius 3 is 1.18 bits per heavy atom. The van der Waals surface area contributed by atoms with Crippen molar-refractivity contribution in [3.8, 4) is 0 Å². The van der Waals surface area contributed by atoms with E-state index in [1.165, 1.54) is 141 Å². The fraction of sp³-hybridized carbons (Fsp3) is 0.765. The van der Waals surface area contributed by atoms with Gasteiger partial charge >= 0.3 is 11.9 Å². The summed E-state index contributed by atoms with van der Waals surface area (Å²) in [6.45, 7) is 4.08. The first-order chi connectivity index (χ1) is 27.6. The highest BCUT2D eigenvalue weighted by molar-refractivity contribution is 5.70. The third-order valence-electron chi connectivity index (χ3n) is 10.3. The van der Waals surface area contributed by atoms with Crippen LogP contribution in [0.1, 0.15) is 232 Å². The average molecular weight is 783 g/mol. The number of hydrogen-bond donors (Lipinski definition) is 1. The minimum atomic E-state index is -0.802. The van der Waals surface area contributed by atoms with E-state index in [0.29, 0.717) is 12.8 Å². The lowest BCUT2D eigenvalue weighted by Crippen LogP contribution is -2.28. The van der Waals surface area contributed by atoms with Gasteiger partial charge in [-0.2, -0.15) is 0 Å². The summed E-state index contributed by atoms with van der Waals surface area (Å²) in [4.78, 5) is 24.4. The molecule has 5 nitrogen and oxygen atoms in total. The largest absolute Gasteiger partial charge is 0.462 e. The molecule has 324 valence electrons. The fourth-order valence-electron chi connectivity index (χ4n) is 6.66. The third kappa shape index (κ3) is 44.3. The van der Waals surface area contributed by atoms with Crippen LogP contribution in [0.25, 0.3) is 0 Å². The van der Waals surface area contributed by atoms with Crippen molar-refractivity contribution >= 4 is 11.9 Å². The first kappa shape index (κ1) is 53.6. The molecule has 0 aromatic carbocycles. The lowest BCUT2D eigenvalue weighted by molar-refractivity contribution is -0.161. The highest BCUT2D eigenvalue weighted by atomic mass is 16.6. The molecule has 0 aliphatic rings. The molecule has 1 atom stereocenters. The highest BCUT2D eigenvalue weighted by Crippen LogP contribution is 2.15. The second kappa shape index (κ2) is 47.0. The zero-order valence-corrected chi connectivity index (χ0v) is 36.9. The standard InChI is InChI=1S/C51H90O5/c1-3-5-7-9-11-13-15-17-19-21-23-24-25-26-28-29-31-33-35-37-39-41-43-45-50(53)55-48-49(47-52)56-51(54)46-44-42-40-38-36-34-32-30-27-22-20-18-16-14-12-10-8-6-4-2/h12,14,18,20,27,30,34,36-37,39,49,52H,3-11,13,15-17,19,21-26,28-29,31-33,35,38,40-48H2,1-2H3/b14-12+,20-18+,30-27+,36-34+,39-37+/t49-/m0/s1. The van der Waals surface area contributed by atoms with Crippen molar-refractivity contribution in [3.05, 3.63) is 60.8 Å². The normalized spacial score (nSPS) is 12.7. The van der Waals surface area contributed by atoms with E-state index in [2.05, 4.69) is 74.6 Å². The van der Waals surface area contributed by atoms with E-state index in [1.54, 1.807) is 0 Å². The maximum atomic E-state index is 12.2. The second-order valence-electron chi connectivity index (χ2n) is 15.8. The van der Waals surface area contributed by atoms with Crippen LogP contribution >= 0.6 is 0 Å². The Hall–Kier alpha value is -2.40. The summed E-state index contributed by atoms with van der Waals surface area (Å²) >= 11 is 0. The summed E-state index contributed by atoms with van der Waals surface area (Å²) in [7, 11) is 0. The monoisotopic (exact) mass is 783 g/mol. The van der Waals surface area contributed by atoms with Crippen LogP contribution in [0.2, 0.25) is 0 Å². The van der Waals surface area contributed by atoms with Gasteiger partial charge in [0, 0.05) is 12.8 Å². The number of hydrogen-bond acceptors (Lipinski definition) is 5. The van der Waals surface area contributed by atoms with Gasteiger partial charge in [-0.05, 0) is 77.0 Å². The Morgan fingerprint density at radius 1 is 0.411 bits per heavy atom. The van der Waals surface area contributed by atoms with Gasteiger partial charge in [0.2, 0.25) is 0 Å². The van der Waals surface area contributed by atoms with Gasteiger partial charge in [0.1, 0.15) is 6.61 Å². The predicted molar refractivity (Wildman–Crippen MR) is 242 cm³/mol. The van der Waals surface area contributed by atoms with Crippen LogP contribution in [0.3, 0.4) is 0 Å². The van der Waals surface area contributed by atoms with E-state index in [-0.39, 0.29) is 25.2 Å². The van der Waals surface area contributed by atoms with Crippen LogP contribution in [-0.4, -0.2) is 36.4 Å². The lowest BCUT2D eigenvalue weighted by Gasteiger charge is -2.15. The molecule has 5 heteroatoms. The SMILES string of the molecule is CCCCC/C=C/C/C=C/C/C=C/C/C=C/CCCCCC(=O)O[C@@H](CO)COC(=O)CCC/C=C/CCCCCCCCCCCCCCCCCCCC. The third-order valence-corrected chi connectivity index (χ3v) is 10.3. The molecule has 56 heavy (non-hydrogen) atoms. The van der Waals surface area contributed by atoms with Crippen molar-refractivity contribution in [1.82, 2.24) is 0 Å². The minimum Gasteiger partial charge on any atom is -0.462 e. The van der Waals surface area contributed by atoms with Crippen molar-refractivity contribution in [2.45, 2.75) is 238 Å². The summed E-state index contributed by atoms with van der Waals surface area (Å²) < 4.78 is 10.6. The summed E-state index contributed by atoms with van der Waals surface area (Å²) in [5.41, 5.74) is 0. The number of aliphatic hydroxyl groups excluding tert-OH is 1. The lowest BCUT2D eigenvalue weighted by atomic mass is 10.0. The Balaban J connectivity index is 3.59. The van der Waals surface area contributed by atoms with Crippen molar-refractivity contribution in [2.75, 3.05) is 13.2 Å². The molecule has 0 aliphatic heterocycles. The van der Waals surface area contributed by atoms with Crippen LogP contribution in [0.4, 0.5) is 0 Å². The molecule has 0 heterocycles. The number of ether oxygens (including phenoxy) is 2. The average Bonchev–Trinajstić information content (AvgIpc) is 3.20. The molecule has 0 saturated carbocycles. The van der Waals surface area contributed by atoms with Gasteiger partial charge in [0.25, 0.3) is 0 Å². The van der Waals surface area contributed by atoms with E-state index in [9.17, 15) is 14.7 Å². The van der Waals surface area contributed by atoms with Gasteiger partial charge in [0.05, 0.1) is 6.61 Å². The van der Waals surface area contributed by atoms with Crippen LogP contribution < -0.4 is 0 Å². The van der Waals surface area contributed by atoms with Gasteiger partial charge in [-0.3, -0.25) is 9.59 Å². The maximum absolute atomic E-state index is 12.2. The first-order valence-electron chi connectivity index (χ1n) is 23.8. The van der Waals surface area contributed by atoms with Crippen LogP contribution in [0.15, 0.2) is 60.8 Å². The van der Waals surface area contributed by atoms with Gasteiger partial charge in [-0.25, -0.2) is 0 Å². The smallest absolute Gasteiger partial charge is 0.306 e. The van der Waals surface area contributed by atoms with Crippen LogP contribution in [0, 0.1) is 0 Å². The maximum Gasteiger partial charge on any atom is 0.306 e. The predicted octanol–water partition coefficient (Wildman–Crippen LogP) is 15.5. The zero-order chi connectivity index (χ0) is 40.7. The number of rotatable bonds is 43. The van der Waals surface area contributed by atoms with Gasteiger partial charge < -0.3 is 14.6 Å². The topological polar surface area (TPSA) is 72.8 Å². The first-order valence-corrected chi connectivity index (χ1v) is 23.8. The van der Waals surface area contributed by atoms with Crippen molar-refractivity contribution < 1.29 is 24.2 Å². The highest BCUT2D eigenvalue weighted by Gasteiger charge is 2.16. The van der Waals surface area contributed by atoms with Crippen molar-refractivity contribution in [1.29, 1.82) is 0 Å². The molecule has 1 N–H and O–H groups in total. The van der Waals surface area contributed by atoms with Gasteiger partial charge in [-0.1, -0.05) is 203 Å². The van der Waals surface area contributed by atoms with Crippen molar-refractivity contribution in [3.63, 3.8) is 0 Å². The molecule has 0 rings (SSSR count). The quantitative estimate of drug-likeness (QED) is 0.0379. The Morgan fingerprint density at radius 2 is 0.732 bits per heavy atom. The van der Waals surface area contributed by atoms with Gasteiger partial charge in [-0.15, -0.1) is 0 Å². The molecule has 0 saturated heterocycles. The van der Waals surface area contributed by atoms with E-state index in [4.69, 9.17) is 9.47 Å². The van der Waals surface area contributed by atoms with Crippen molar-refractivity contribution in [2.24, 2.45) is 0 Å². The second-order valence-corrected chi connectivity index (χ2v) is 15.8. The molecule has 0 radical (unpaired) electrons. The molecular formula is C51H90O5. The summed E-state index contributed by atoms with van der Waals surface area (Å²) in [6.07, 6.45) is 61.7. The summed E-state index contributed by atoms with van der Waals surface area (Å²) in [5, 5.41) is 9.59. The van der Waals surface area contributed by atoms with E-state index in [0.717, 1.165) is 64.2 Å². The van der Waals surface area contributed by atoms with Crippen LogP contribution in [-0.2, 0) is 19.1 Å². The minimum absolute atomic E-state index is 0.0949. The molecule has 0 aliphatic carbocycles. The number of carbonyl (C=O) groups excluding carboxylic acids is 2. The number of unbranched alkanes of at least 4 members (excludes halogenated alkanes) is 25. The molecule has 0 unspecified atom stereocenters. The summed E-state index contributed by atoms with van der Waals surface area (Å²) in [6, 6.07) is 0. The number of aliphatic hydroxyl groups is 1. The molecule has 0 fully saturated rings. The number of allylic oxidation sites excluding steroid dienone is 10. The van der Waals surface area contributed by atoms with Crippen LogP contribution in [0.5, 0.6) is 0 Å². The molecule has 0 amide bonds. The fourth-order valence-corrected chi connectivity index (χ4v) is 6.66. The van der Waals surface area contributed by atoms with E-state index >= 15 is 0 Å². The van der Waals surface area contributed by atoms with E-state index < -0.39 is 6.10 Å². The zero-order valence-electron chi connectivity index (χ0n) is 36.9. The molecule has 0 aromatic rings. The summed E-state index contributed by atoms with van der Waals surface area (Å²) in [5.74, 6) is -0.661. The van der Waals surface area contributed by atoms with Gasteiger partial charge in [0.15, 0.2) is 6.10 Å². The molecule has 0 spiro atoms. The molecular weight excluding hydrogens is 693 g/mol. The molecule has 0 aromatic heterocycles. The van der Waals surface area contributed by atoms with E-state index in [1.807, 2.05) is 0 Å².